The standard InChI is InChI=1S/C18H19BrN2O3/c1-11-8-13(18(23)24-3)4-6-15(11)20-10-17(22)21-16-7-5-14(19)9-12(16)2/h4-9,20H,10H2,1-3H3,(H,21,22). The van der Waals surface area contributed by atoms with Crippen LogP contribution in [0.3, 0.4) is 0 Å². The minimum atomic E-state index is -0.381. The number of rotatable bonds is 5. The Morgan fingerprint density at radius 3 is 2.33 bits per heavy atom. The molecule has 0 unspecified atom stereocenters. The van der Waals surface area contributed by atoms with E-state index in [2.05, 4.69) is 31.3 Å². The Morgan fingerprint density at radius 1 is 1.04 bits per heavy atom. The van der Waals surface area contributed by atoms with E-state index >= 15 is 0 Å². The molecule has 1 amide bonds. The van der Waals surface area contributed by atoms with Gasteiger partial charge in [0.05, 0.1) is 19.2 Å². The zero-order valence-electron chi connectivity index (χ0n) is 13.8. The number of carbonyl (C=O) groups is 2. The van der Waals surface area contributed by atoms with Crippen molar-refractivity contribution < 1.29 is 14.3 Å². The fourth-order valence-corrected chi connectivity index (χ4v) is 2.72. The molecule has 0 saturated carbocycles. The first-order valence-electron chi connectivity index (χ1n) is 7.39. The number of hydrogen-bond acceptors (Lipinski definition) is 4. The average Bonchev–Trinajstić information content (AvgIpc) is 2.55. The third-order valence-electron chi connectivity index (χ3n) is 3.55. The van der Waals surface area contributed by atoms with E-state index in [1.807, 2.05) is 32.0 Å². The summed E-state index contributed by atoms with van der Waals surface area (Å²) in [4.78, 5) is 23.6. The Hall–Kier alpha value is -2.34. The maximum absolute atomic E-state index is 12.1. The Kier molecular flexibility index (Phi) is 5.98. The molecule has 0 aliphatic rings. The van der Waals surface area contributed by atoms with Gasteiger partial charge in [0.2, 0.25) is 5.91 Å². The SMILES string of the molecule is COC(=O)c1ccc(NCC(=O)Nc2ccc(Br)cc2C)c(C)c1. The molecule has 0 saturated heterocycles. The molecule has 5 nitrogen and oxygen atoms in total. The number of anilines is 2. The third-order valence-corrected chi connectivity index (χ3v) is 4.04. The molecule has 0 aliphatic carbocycles. The molecule has 0 atom stereocenters. The van der Waals surface area contributed by atoms with Crippen molar-refractivity contribution in [3.8, 4) is 0 Å². The number of hydrogen-bond donors (Lipinski definition) is 2. The molecule has 24 heavy (non-hydrogen) atoms. The normalized spacial score (nSPS) is 10.2. The highest BCUT2D eigenvalue weighted by Crippen LogP contribution is 2.20. The fourth-order valence-electron chi connectivity index (χ4n) is 2.24. The maximum atomic E-state index is 12.1. The Balaban J connectivity index is 1.97. The Morgan fingerprint density at radius 2 is 1.71 bits per heavy atom. The lowest BCUT2D eigenvalue weighted by Crippen LogP contribution is -2.22. The molecule has 0 radical (unpaired) electrons. The number of esters is 1. The van der Waals surface area contributed by atoms with Crippen molar-refractivity contribution in [3.05, 3.63) is 57.6 Å². The lowest BCUT2D eigenvalue weighted by Gasteiger charge is -2.12. The molecular formula is C18H19BrN2O3. The van der Waals surface area contributed by atoms with Crippen LogP contribution in [0.25, 0.3) is 0 Å². The molecule has 2 N–H and O–H groups in total. The minimum Gasteiger partial charge on any atom is -0.465 e. The highest BCUT2D eigenvalue weighted by molar-refractivity contribution is 9.10. The smallest absolute Gasteiger partial charge is 0.337 e. The number of aryl methyl sites for hydroxylation is 2. The molecule has 6 heteroatoms. The van der Waals surface area contributed by atoms with Gasteiger partial charge in [-0.3, -0.25) is 4.79 Å². The van der Waals surface area contributed by atoms with Gasteiger partial charge in [-0.1, -0.05) is 15.9 Å². The van der Waals surface area contributed by atoms with Crippen molar-refractivity contribution in [2.24, 2.45) is 0 Å². The topological polar surface area (TPSA) is 67.4 Å². The van der Waals surface area contributed by atoms with E-state index in [0.29, 0.717) is 5.56 Å². The van der Waals surface area contributed by atoms with Crippen LogP contribution >= 0.6 is 15.9 Å². The first-order chi connectivity index (χ1) is 11.4. The van der Waals surface area contributed by atoms with Crippen LogP contribution in [0.4, 0.5) is 11.4 Å². The van der Waals surface area contributed by atoms with E-state index in [1.54, 1.807) is 18.2 Å². The summed E-state index contributed by atoms with van der Waals surface area (Å²) in [5, 5.41) is 5.94. The number of methoxy groups -OCH3 is 1. The second-order valence-corrected chi connectivity index (χ2v) is 6.30. The summed E-state index contributed by atoms with van der Waals surface area (Å²) < 4.78 is 5.66. The van der Waals surface area contributed by atoms with Crippen molar-refractivity contribution in [1.29, 1.82) is 0 Å². The van der Waals surface area contributed by atoms with Gasteiger partial charge >= 0.3 is 5.97 Å². The largest absolute Gasteiger partial charge is 0.465 e. The first kappa shape index (κ1) is 18.0. The van der Waals surface area contributed by atoms with Crippen molar-refractivity contribution >= 4 is 39.2 Å². The maximum Gasteiger partial charge on any atom is 0.337 e. The molecule has 126 valence electrons. The van der Waals surface area contributed by atoms with Crippen LogP contribution in [0, 0.1) is 13.8 Å². The monoisotopic (exact) mass is 390 g/mol. The number of ether oxygens (including phenoxy) is 1. The summed E-state index contributed by atoms with van der Waals surface area (Å²) in [6.45, 7) is 3.93. The summed E-state index contributed by atoms with van der Waals surface area (Å²) in [7, 11) is 1.35. The minimum absolute atomic E-state index is 0.133. The molecule has 2 aromatic rings. The summed E-state index contributed by atoms with van der Waals surface area (Å²) in [5.74, 6) is -0.523. The van der Waals surface area contributed by atoms with Crippen LogP contribution in [0.1, 0.15) is 21.5 Å². The van der Waals surface area contributed by atoms with Gasteiger partial charge in [0.1, 0.15) is 0 Å². The van der Waals surface area contributed by atoms with Crippen LogP contribution in [-0.2, 0) is 9.53 Å². The van der Waals surface area contributed by atoms with Crippen LogP contribution in [-0.4, -0.2) is 25.5 Å². The zero-order chi connectivity index (χ0) is 17.7. The van der Waals surface area contributed by atoms with E-state index in [9.17, 15) is 9.59 Å². The van der Waals surface area contributed by atoms with Crippen LogP contribution in [0.2, 0.25) is 0 Å². The average molecular weight is 391 g/mol. The molecule has 2 rings (SSSR count). The Labute approximate surface area is 149 Å². The van der Waals surface area contributed by atoms with Gasteiger partial charge in [-0.05, 0) is 61.4 Å². The molecule has 0 aliphatic heterocycles. The highest BCUT2D eigenvalue weighted by Gasteiger charge is 2.09. The first-order valence-corrected chi connectivity index (χ1v) is 8.19. The molecule has 0 bridgehead atoms. The van der Waals surface area contributed by atoms with Crippen LogP contribution < -0.4 is 10.6 Å². The van der Waals surface area contributed by atoms with Crippen molar-refractivity contribution in [3.63, 3.8) is 0 Å². The quantitative estimate of drug-likeness (QED) is 0.759. The van der Waals surface area contributed by atoms with E-state index in [4.69, 9.17) is 0 Å². The lowest BCUT2D eigenvalue weighted by molar-refractivity contribution is -0.114. The summed E-state index contributed by atoms with van der Waals surface area (Å²) in [6.07, 6.45) is 0. The number of nitrogens with one attached hydrogen (secondary N) is 2. The zero-order valence-corrected chi connectivity index (χ0v) is 15.4. The van der Waals surface area contributed by atoms with Gasteiger partial charge < -0.3 is 15.4 Å². The summed E-state index contributed by atoms with van der Waals surface area (Å²) >= 11 is 3.39. The van der Waals surface area contributed by atoms with Crippen molar-refractivity contribution in [1.82, 2.24) is 0 Å². The molecule has 2 aromatic carbocycles. The Bertz CT molecular complexity index is 775. The number of halogens is 1. The van der Waals surface area contributed by atoms with E-state index in [0.717, 1.165) is 27.0 Å². The van der Waals surface area contributed by atoms with E-state index in [-0.39, 0.29) is 18.4 Å². The molecule has 0 heterocycles. The van der Waals surface area contributed by atoms with Crippen molar-refractivity contribution in [2.75, 3.05) is 24.3 Å². The van der Waals surface area contributed by atoms with Gasteiger partial charge in [-0.2, -0.15) is 0 Å². The van der Waals surface area contributed by atoms with Gasteiger partial charge in [0, 0.05) is 15.8 Å². The van der Waals surface area contributed by atoms with Gasteiger partial charge in [-0.15, -0.1) is 0 Å². The highest BCUT2D eigenvalue weighted by atomic mass is 79.9. The van der Waals surface area contributed by atoms with E-state index in [1.165, 1.54) is 7.11 Å². The molecule has 0 spiro atoms. The van der Waals surface area contributed by atoms with Gasteiger partial charge in [0.15, 0.2) is 0 Å². The van der Waals surface area contributed by atoms with Gasteiger partial charge in [-0.25, -0.2) is 4.79 Å². The molecular weight excluding hydrogens is 372 g/mol. The predicted molar refractivity (Wildman–Crippen MR) is 98.5 cm³/mol. The molecule has 0 aromatic heterocycles. The number of benzene rings is 2. The van der Waals surface area contributed by atoms with Crippen molar-refractivity contribution in [2.45, 2.75) is 13.8 Å². The fraction of sp³-hybridized carbons (Fsp3) is 0.222. The number of carbonyl (C=O) groups excluding carboxylic acids is 2. The summed E-state index contributed by atoms with van der Waals surface area (Å²) in [5.41, 5.74) is 3.91. The third kappa shape index (κ3) is 4.58. The van der Waals surface area contributed by atoms with Crippen LogP contribution in [0.5, 0.6) is 0 Å². The number of amides is 1. The molecule has 0 fully saturated rings. The van der Waals surface area contributed by atoms with Gasteiger partial charge in [0.25, 0.3) is 0 Å². The lowest BCUT2D eigenvalue weighted by atomic mass is 10.1. The van der Waals surface area contributed by atoms with Crippen LogP contribution in [0.15, 0.2) is 40.9 Å². The second-order valence-electron chi connectivity index (χ2n) is 5.38. The second kappa shape index (κ2) is 7.97. The van der Waals surface area contributed by atoms with E-state index < -0.39 is 0 Å². The predicted octanol–water partition coefficient (Wildman–Crippen LogP) is 3.90. The summed E-state index contributed by atoms with van der Waals surface area (Å²) in [6, 6.07) is 10.8.